The van der Waals surface area contributed by atoms with E-state index < -0.39 is 53.5 Å². The number of nitrogens with one attached hydrogen (secondary N) is 3. The second-order valence-electron chi connectivity index (χ2n) is 10.8. The summed E-state index contributed by atoms with van der Waals surface area (Å²) >= 11 is 5.88. The highest BCUT2D eigenvalue weighted by molar-refractivity contribution is 6.30. The van der Waals surface area contributed by atoms with E-state index in [0.29, 0.717) is 59.8 Å². The summed E-state index contributed by atoms with van der Waals surface area (Å²) in [7, 11) is 2.55. The Labute approximate surface area is 268 Å². The molecule has 3 atom stereocenters. The lowest BCUT2D eigenvalue weighted by Gasteiger charge is -2.36. The van der Waals surface area contributed by atoms with Crippen LogP contribution in [0.25, 0.3) is 11.3 Å². The van der Waals surface area contributed by atoms with Crippen LogP contribution in [0.4, 0.5) is 29.7 Å². The van der Waals surface area contributed by atoms with E-state index in [1.165, 1.54) is 19.1 Å². The van der Waals surface area contributed by atoms with Crippen molar-refractivity contribution in [2.75, 3.05) is 31.4 Å². The molecule has 15 heteroatoms. The summed E-state index contributed by atoms with van der Waals surface area (Å²) in [6.45, 7) is 3.89. The largest absolute Gasteiger partial charge is 0.467 e. The third-order valence-corrected chi connectivity index (χ3v) is 8.30. The average molecular weight is 659 g/mol. The summed E-state index contributed by atoms with van der Waals surface area (Å²) in [4.78, 5) is 51.9. The molecule has 0 aliphatic carbocycles. The Morgan fingerprint density at radius 2 is 1.96 bits per heavy atom. The normalized spacial score (nSPS) is 19.8. The van der Waals surface area contributed by atoms with Gasteiger partial charge in [-0.15, -0.1) is 0 Å². The number of H-pyrrole nitrogens is 1. The molecule has 1 aromatic heterocycles. The van der Waals surface area contributed by atoms with Crippen LogP contribution in [0, 0.1) is 11.6 Å². The van der Waals surface area contributed by atoms with Crippen molar-refractivity contribution in [3.05, 3.63) is 64.1 Å². The van der Waals surface area contributed by atoms with Gasteiger partial charge in [0.25, 0.3) is 0 Å². The number of benzene rings is 2. The van der Waals surface area contributed by atoms with Crippen LogP contribution in [0.3, 0.4) is 0 Å². The van der Waals surface area contributed by atoms with Gasteiger partial charge in [-0.25, -0.2) is 28.1 Å². The van der Waals surface area contributed by atoms with Crippen molar-refractivity contribution in [1.82, 2.24) is 14.9 Å². The molecule has 2 aromatic carbocycles. The van der Waals surface area contributed by atoms with E-state index in [-0.39, 0.29) is 24.5 Å². The lowest BCUT2D eigenvalue weighted by Crippen LogP contribution is -2.42. The number of anilines is 2. The van der Waals surface area contributed by atoms with E-state index in [1.807, 2.05) is 0 Å². The molecule has 12 nitrogen and oxygen atoms in total. The Morgan fingerprint density at radius 1 is 1.17 bits per heavy atom. The van der Waals surface area contributed by atoms with Gasteiger partial charge in [-0.2, -0.15) is 0 Å². The molecule has 5 rings (SSSR count). The molecule has 0 spiro atoms. The van der Waals surface area contributed by atoms with Crippen LogP contribution in [0.2, 0.25) is 5.02 Å². The summed E-state index contributed by atoms with van der Waals surface area (Å²) < 4.78 is 44.8. The number of nitrogens with zero attached hydrogens (tertiary/aromatic N) is 3. The van der Waals surface area contributed by atoms with Gasteiger partial charge in [-0.05, 0) is 49.9 Å². The zero-order chi connectivity index (χ0) is 33.0. The van der Waals surface area contributed by atoms with Gasteiger partial charge < -0.3 is 24.5 Å². The van der Waals surface area contributed by atoms with Crippen LogP contribution in [-0.2, 0) is 25.5 Å². The van der Waals surface area contributed by atoms with E-state index in [2.05, 4.69) is 27.3 Å². The zero-order valence-corrected chi connectivity index (χ0v) is 26.0. The number of halogens is 3. The number of esters is 1. The van der Waals surface area contributed by atoms with Gasteiger partial charge in [0.05, 0.1) is 48.8 Å². The van der Waals surface area contributed by atoms with Gasteiger partial charge in [0.1, 0.15) is 23.8 Å². The molecule has 1 saturated heterocycles. The van der Waals surface area contributed by atoms with Crippen LogP contribution in [-0.4, -0.2) is 66.5 Å². The number of ether oxygens (including phenoxy) is 3. The molecule has 46 heavy (non-hydrogen) atoms. The van der Waals surface area contributed by atoms with Gasteiger partial charge >= 0.3 is 18.2 Å². The quantitative estimate of drug-likeness (QED) is 0.117. The molecule has 2 aliphatic heterocycles. The van der Waals surface area contributed by atoms with Crippen molar-refractivity contribution in [1.29, 1.82) is 0 Å². The number of aromatic amines is 1. The number of rotatable bonds is 6. The molecule has 1 fully saturated rings. The molecule has 1 unspecified atom stereocenters. The number of carbonyl (C=O) groups is 3. The van der Waals surface area contributed by atoms with Gasteiger partial charge in [-0.1, -0.05) is 24.4 Å². The fraction of sp³-hybridized carbons (Fsp3) is 0.387. The lowest BCUT2D eigenvalue weighted by molar-refractivity contribution is -0.141. The number of carbonyl (C=O) groups excluding carboxylic acids is 3. The highest BCUT2D eigenvalue weighted by Gasteiger charge is 2.38. The molecular weight excluding hydrogens is 626 g/mol. The minimum absolute atomic E-state index is 0.109. The smallest absolute Gasteiger partial charge is 0.411 e. The molecule has 3 heterocycles. The van der Waals surface area contributed by atoms with Crippen molar-refractivity contribution < 1.29 is 37.4 Å². The SMILES string of the molecule is C=NCc1[nH]c2nc1-c1ccc(NC(=O)OC)cc1N[C@@H](C(=O)OC)CCCC[C@@H]2N1CCC(c2c(F)ccc(Cl)c2F)OC1=O. The first-order valence-electron chi connectivity index (χ1n) is 14.6. The van der Waals surface area contributed by atoms with E-state index in [0.717, 1.165) is 12.1 Å². The third kappa shape index (κ3) is 6.76. The number of methoxy groups -OCH3 is 2. The predicted molar refractivity (Wildman–Crippen MR) is 166 cm³/mol. The van der Waals surface area contributed by atoms with Crippen LogP contribution in [0.15, 0.2) is 35.3 Å². The summed E-state index contributed by atoms with van der Waals surface area (Å²) in [5.74, 6) is -1.84. The van der Waals surface area contributed by atoms with Crippen molar-refractivity contribution in [3.63, 3.8) is 0 Å². The summed E-state index contributed by atoms with van der Waals surface area (Å²) in [5, 5.41) is 5.61. The Hall–Kier alpha value is -4.72. The maximum Gasteiger partial charge on any atom is 0.411 e. The first-order chi connectivity index (χ1) is 22.1. The molecular formula is C31H33ClF2N6O6. The molecule has 244 valence electrons. The molecule has 3 aromatic rings. The average Bonchev–Trinajstić information content (AvgIpc) is 3.45. The van der Waals surface area contributed by atoms with Gasteiger partial charge in [0, 0.05) is 29.9 Å². The van der Waals surface area contributed by atoms with Crippen molar-refractivity contribution >= 4 is 47.8 Å². The summed E-state index contributed by atoms with van der Waals surface area (Å²) in [6, 6.07) is 5.84. The second kappa shape index (κ2) is 14.1. The van der Waals surface area contributed by atoms with Gasteiger partial charge in [0.2, 0.25) is 0 Å². The summed E-state index contributed by atoms with van der Waals surface area (Å²) in [5.41, 5.74) is 2.15. The number of amides is 2. The van der Waals surface area contributed by atoms with Crippen molar-refractivity contribution in [2.24, 2.45) is 4.99 Å². The molecule has 0 saturated carbocycles. The molecule has 2 bridgehead atoms. The summed E-state index contributed by atoms with van der Waals surface area (Å²) in [6.07, 6.45) is -0.503. The molecule has 3 N–H and O–H groups in total. The number of hydrogen-bond acceptors (Lipinski definition) is 9. The first-order valence-corrected chi connectivity index (χ1v) is 15.0. The topological polar surface area (TPSA) is 147 Å². The van der Waals surface area contributed by atoms with Crippen molar-refractivity contribution in [3.8, 4) is 11.3 Å². The Kier molecular flexibility index (Phi) is 10.0. The maximum atomic E-state index is 14.8. The Balaban J connectivity index is 1.54. The lowest BCUT2D eigenvalue weighted by atomic mass is 9.99. The highest BCUT2D eigenvalue weighted by atomic mass is 35.5. The highest BCUT2D eigenvalue weighted by Crippen LogP contribution is 2.40. The van der Waals surface area contributed by atoms with E-state index in [4.69, 9.17) is 30.8 Å². The zero-order valence-electron chi connectivity index (χ0n) is 25.2. The van der Waals surface area contributed by atoms with E-state index in [1.54, 1.807) is 18.2 Å². The number of aliphatic imine (C=N–C) groups is 1. The van der Waals surface area contributed by atoms with E-state index >= 15 is 0 Å². The van der Waals surface area contributed by atoms with Crippen LogP contribution >= 0.6 is 11.6 Å². The number of fused-ring (bicyclic) bond motifs is 4. The minimum atomic E-state index is -1.16. The minimum Gasteiger partial charge on any atom is -0.467 e. The molecule has 2 amide bonds. The monoisotopic (exact) mass is 658 g/mol. The Bertz CT molecular complexity index is 1650. The van der Waals surface area contributed by atoms with Gasteiger partial charge in [0.15, 0.2) is 5.82 Å². The Morgan fingerprint density at radius 3 is 2.67 bits per heavy atom. The fourth-order valence-corrected chi connectivity index (χ4v) is 5.94. The van der Waals surface area contributed by atoms with E-state index in [9.17, 15) is 23.2 Å². The van der Waals surface area contributed by atoms with Crippen LogP contribution in [0.5, 0.6) is 0 Å². The predicted octanol–water partition coefficient (Wildman–Crippen LogP) is 6.54. The number of hydrogen-bond donors (Lipinski definition) is 3. The number of cyclic esters (lactones) is 1. The van der Waals surface area contributed by atoms with Crippen LogP contribution < -0.4 is 10.6 Å². The van der Waals surface area contributed by atoms with Crippen molar-refractivity contribution in [2.45, 2.75) is 56.8 Å². The maximum absolute atomic E-state index is 14.8. The first kappa shape index (κ1) is 32.7. The molecule has 2 aliphatic rings. The van der Waals surface area contributed by atoms with Crippen LogP contribution in [0.1, 0.15) is 61.3 Å². The molecule has 0 radical (unpaired) electrons. The standard InChI is InChI=1S/C31H33ClF2N6O6/c1-35-15-22-27-17-9-8-16(36-30(42)45-3)14-21(17)37-20(29(41)44-2)6-4-5-7-23(28(38-22)39-27)40-13-12-24(46-31(40)43)25-19(33)11-10-18(32)26(25)34/h8-11,14,20,23-24,37H,1,4-7,12-13,15H2,2-3H3,(H,36,42)(H,38,39)/t20-,23+,24?/m1/s1. The second-order valence-corrected chi connectivity index (χ2v) is 11.2. The number of aromatic nitrogens is 2. The fourth-order valence-electron chi connectivity index (χ4n) is 5.78. The van der Waals surface area contributed by atoms with Gasteiger partial charge in [-0.3, -0.25) is 15.2 Å². The third-order valence-electron chi connectivity index (χ3n) is 8.01. The number of imidazole rings is 1.